The van der Waals surface area contributed by atoms with Gasteiger partial charge in [0.1, 0.15) is 5.82 Å². The number of aryl methyl sites for hydroxylation is 1. The number of hydrogen-bond acceptors (Lipinski definition) is 10. The van der Waals surface area contributed by atoms with Crippen molar-refractivity contribution in [3.05, 3.63) is 47.8 Å². The molecule has 3 aliphatic heterocycles. The number of carbonyl (C=O) groups is 1. The monoisotopic (exact) mass is 529 g/mol. The van der Waals surface area contributed by atoms with Crippen molar-refractivity contribution in [3.8, 4) is 11.3 Å². The minimum absolute atomic E-state index is 0.235. The van der Waals surface area contributed by atoms with Crippen LogP contribution in [-0.2, 0) is 22.4 Å². The summed E-state index contributed by atoms with van der Waals surface area (Å²) in [6, 6.07) is 8.48. The molecule has 2 fully saturated rings. The average molecular weight is 530 g/mol. The zero-order valence-corrected chi connectivity index (χ0v) is 22.4. The quantitative estimate of drug-likeness (QED) is 0.506. The molecule has 5 heterocycles. The van der Waals surface area contributed by atoms with Gasteiger partial charge in [0, 0.05) is 81.4 Å². The van der Waals surface area contributed by atoms with E-state index in [1.807, 2.05) is 4.90 Å². The van der Waals surface area contributed by atoms with Gasteiger partial charge < -0.3 is 30.1 Å². The van der Waals surface area contributed by atoms with Gasteiger partial charge in [-0.2, -0.15) is 4.98 Å². The van der Waals surface area contributed by atoms with Crippen molar-refractivity contribution >= 4 is 29.3 Å². The topological polar surface area (TPSA) is 117 Å². The molecule has 1 amide bonds. The van der Waals surface area contributed by atoms with Crippen LogP contribution >= 0.6 is 0 Å². The first-order valence-corrected chi connectivity index (χ1v) is 13.7. The third-order valence-corrected chi connectivity index (χ3v) is 7.76. The molecule has 2 N–H and O–H groups in total. The number of nitrogen functional groups attached to an aromatic ring is 1. The van der Waals surface area contributed by atoms with E-state index in [0.717, 1.165) is 92.5 Å². The smallest absolute Gasteiger partial charge is 0.228 e. The van der Waals surface area contributed by atoms with Gasteiger partial charge >= 0.3 is 0 Å². The predicted octanol–water partition coefficient (Wildman–Crippen LogP) is 1.75. The van der Waals surface area contributed by atoms with E-state index in [2.05, 4.69) is 56.0 Å². The minimum Gasteiger partial charge on any atom is -0.378 e. The highest BCUT2D eigenvalue weighted by atomic mass is 16.5. The van der Waals surface area contributed by atoms with Crippen LogP contribution in [0.1, 0.15) is 17.5 Å². The van der Waals surface area contributed by atoms with Crippen LogP contribution < -0.4 is 15.5 Å². The third kappa shape index (κ3) is 5.50. The van der Waals surface area contributed by atoms with Crippen molar-refractivity contribution in [2.45, 2.75) is 19.3 Å². The summed E-state index contributed by atoms with van der Waals surface area (Å²) < 4.78 is 5.56. The Balaban J connectivity index is 1.26. The summed E-state index contributed by atoms with van der Waals surface area (Å²) in [5.74, 6) is 2.06. The van der Waals surface area contributed by atoms with Crippen LogP contribution in [0, 0.1) is 0 Å². The van der Waals surface area contributed by atoms with Crippen molar-refractivity contribution in [2.75, 3.05) is 81.6 Å². The molecular formula is C28H35N9O2. The Labute approximate surface area is 228 Å². The van der Waals surface area contributed by atoms with Gasteiger partial charge in [-0.3, -0.25) is 4.79 Å². The number of nitrogens with zero attached hydrogens (tertiary/aromatic N) is 8. The largest absolute Gasteiger partial charge is 0.378 e. The molecule has 0 unspecified atom stereocenters. The van der Waals surface area contributed by atoms with Crippen LogP contribution in [0.5, 0.6) is 0 Å². The van der Waals surface area contributed by atoms with Crippen molar-refractivity contribution in [3.63, 3.8) is 0 Å². The number of piperazine rings is 1. The Morgan fingerprint density at radius 1 is 1.00 bits per heavy atom. The Bertz CT molecular complexity index is 1320. The molecule has 0 aliphatic carbocycles. The molecule has 3 aliphatic rings. The maximum atomic E-state index is 12.8. The highest BCUT2D eigenvalue weighted by Gasteiger charge is 2.29. The predicted molar refractivity (Wildman–Crippen MR) is 150 cm³/mol. The molecule has 2 saturated heterocycles. The van der Waals surface area contributed by atoms with Crippen molar-refractivity contribution in [1.82, 2.24) is 29.7 Å². The van der Waals surface area contributed by atoms with E-state index in [4.69, 9.17) is 20.4 Å². The molecular weight excluding hydrogens is 494 g/mol. The first kappa shape index (κ1) is 25.4. The van der Waals surface area contributed by atoms with Gasteiger partial charge in [-0.15, -0.1) is 0 Å². The van der Waals surface area contributed by atoms with E-state index in [1.54, 1.807) is 12.4 Å². The lowest BCUT2D eigenvalue weighted by Gasteiger charge is -2.32. The standard InChI is InChI=1S/C28H35N9O2/c1-34-9-11-35(12-10-34)24(38)6-5-20-3-2-4-22(17-20)37-8-7-23-25(21-18-30-27(29)31-19-21)32-28(33-26(23)37)36-13-15-39-16-14-36/h2-4,17-19H,5-16H2,1H3,(H2,29,30,31). The number of rotatable bonds is 6. The van der Waals surface area contributed by atoms with Crippen molar-refractivity contribution < 1.29 is 9.53 Å². The number of anilines is 4. The van der Waals surface area contributed by atoms with E-state index in [0.29, 0.717) is 25.6 Å². The average Bonchev–Trinajstić information content (AvgIpc) is 3.41. The van der Waals surface area contributed by atoms with Gasteiger partial charge in [0.15, 0.2) is 0 Å². The van der Waals surface area contributed by atoms with Crippen LogP contribution in [0.15, 0.2) is 36.7 Å². The van der Waals surface area contributed by atoms with Crippen molar-refractivity contribution in [1.29, 1.82) is 0 Å². The second kappa shape index (κ2) is 11.1. The van der Waals surface area contributed by atoms with Gasteiger partial charge in [-0.25, -0.2) is 15.0 Å². The highest BCUT2D eigenvalue weighted by molar-refractivity contribution is 5.78. The fraction of sp³-hybridized carbons (Fsp3) is 0.464. The van der Waals surface area contributed by atoms with Crippen LogP contribution in [0.25, 0.3) is 11.3 Å². The summed E-state index contributed by atoms with van der Waals surface area (Å²) in [5, 5.41) is 0. The van der Waals surface area contributed by atoms with E-state index in [1.165, 1.54) is 0 Å². The van der Waals surface area contributed by atoms with E-state index < -0.39 is 0 Å². The lowest BCUT2D eigenvalue weighted by Crippen LogP contribution is -2.47. The number of benzene rings is 1. The number of likely N-dealkylation sites (N-methyl/N-ethyl adjacent to an activating group) is 1. The zero-order chi connectivity index (χ0) is 26.8. The Morgan fingerprint density at radius 2 is 1.77 bits per heavy atom. The second-order valence-corrected chi connectivity index (χ2v) is 10.4. The summed E-state index contributed by atoms with van der Waals surface area (Å²) in [7, 11) is 2.10. The number of fused-ring (bicyclic) bond motifs is 1. The summed E-state index contributed by atoms with van der Waals surface area (Å²) in [4.78, 5) is 40.0. The fourth-order valence-electron chi connectivity index (χ4n) is 5.44. The first-order chi connectivity index (χ1) is 19.0. The van der Waals surface area contributed by atoms with Gasteiger partial charge in [0.2, 0.25) is 17.8 Å². The molecule has 0 saturated carbocycles. The Hall–Kier alpha value is -3.83. The molecule has 39 heavy (non-hydrogen) atoms. The maximum Gasteiger partial charge on any atom is 0.228 e. The molecule has 204 valence electrons. The third-order valence-electron chi connectivity index (χ3n) is 7.76. The van der Waals surface area contributed by atoms with Gasteiger partial charge in [-0.05, 0) is 37.6 Å². The molecule has 0 bridgehead atoms. The summed E-state index contributed by atoms with van der Waals surface area (Å²) >= 11 is 0. The molecule has 6 rings (SSSR count). The van der Waals surface area contributed by atoms with Crippen LogP contribution in [0.4, 0.5) is 23.4 Å². The molecule has 0 atom stereocenters. The molecule has 0 radical (unpaired) electrons. The molecule has 0 spiro atoms. The summed E-state index contributed by atoms with van der Waals surface area (Å²) in [5.41, 5.74) is 10.7. The second-order valence-electron chi connectivity index (χ2n) is 10.4. The maximum absolute atomic E-state index is 12.8. The summed E-state index contributed by atoms with van der Waals surface area (Å²) in [6.07, 6.45) is 5.51. The summed E-state index contributed by atoms with van der Waals surface area (Å²) in [6.45, 7) is 7.09. The van der Waals surface area contributed by atoms with E-state index >= 15 is 0 Å². The molecule has 3 aromatic rings. The Morgan fingerprint density at radius 3 is 2.54 bits per heavy atom. The molecule has 2 aromatic heterocycles. The number of hydrogen-bond donors (Lipinski definition) is 1. The first-order valence-electron chi connectivity index (χ1n) is 13.7. The van der Waals surface area contributed by atoms with E-state index in [-0.39, 0.29) is 11.9 Å². The number of aromatic nitrogens is 4. The lowest BCUT2D eigenvalue weighted by molar-refractivity contribution is -0.132. The van der Waals surface area contributed by atoms with Crippen LogP contribution in [0.3, 0.4) is 0 Å². The fourth-order valence-corrected chi connectivity index (χ4v) is 5.44. The van der Waals surface area contributed by atoms with Crippen LogP contribution in [-0.4, -0.2) is 102 Å². The SMILES string of the molecule is CN1CCN(C(=O)CCc2cccc(N3CCc4c(-c5cnc(N)nc5)nc(N5CCOCC5)nc43)c2)CC1. The normalized spacial score (nSPS) is 17.9. The van der Waals surface area contributed by atoms with Gasteiger partial charge in [-0.1, -0.05) is 12.1 Å². The Kier molecular flexibility index (Phi) is 7.25. The number of carbonyl (C=O) groups excluding carboxylic acids is 1. The lowest BCUT2D eigenvalue weighted by atomic mass is 10.1. The van der Waals surface area contributed by atoms with Gasteiger partial charge in [0.25, 0.3) is 0 Å². The van der Waals surface area contributed by atoms with E-state index in [9.17, 15) is 4.79 Å². The molecule has 1 aromatic carbocycles. The number of morpholine rings is 1. The zero-order valence-electron chi connectivity index (χ0n) is 22.4. The van der Waals surface area contributed by atoms with Crippen molar-refractivity contribution in [2.24, 2.45) is 0 Å². The molecule has 11 heteroatoms. The minimum atomic E-state index is 0.235. The molecule has 11 nitrogen and oxygen atoms in total. The number of amides is 1. The number of nitrogens with two attached hydrogens (primary N) is 1. The van der Waals surface area contributed by atoms with Gasteiger partial charge in [0.05, 0.1) is 18.9 Å². The number of ether oxygens (including phenoxy) is 1. The van der Waals surface area contributed by atoms with Crippen LogP contribution in [0.2, 0.25) is 0 Å². The highest BCUT2D eigenvalue weighted by Crippen LogP contribution is 2.39.